The second kappa shape index (κ2) is 4.13. The van der Waals surface area contributed by atoms with E-state index in [1.54, 1.807) is 24.3 Å². The standard InChI is InChI=1S/C11H12N2O2/c14-10-3-1-2-8(6-10)7-12-13-11(15)9-4-5-9/h1-3,6-7,9,14H,4-5H2,(H,13,15)/b12-7-. The Labute approximate surface area is 87.6 Å². The van der Waals surface area contributed by atoms with Crippen molar-refractivity contribution in [3.05, 3.63) is 29.8 Å². The molecule has 1 aromatic carbocycles. The number of phenols is 1. The molecule has 15 heavy (non-hydrogen) atoms. The molecule has 0 saturated heterocycles. The lowest BCUT2D eigenvalue weighted by Crippen LogP contribution is -2.18. The Hall–Kier alpha value is -1.84. The van der Waals surface area contributed by atoms with Crippen LogP contribution in [0.3, 0.4) is 0 Å². The van der Waals surface area contributed by atoms with E-state index in [0.717, 1.165) is 18.4 Å². The maximum Gasteiger partial charge on any atom is 0.243 e. The quantitative estimate of drug-likeness (QED) is 0.575. The van der Waals surface area contributed by atoms with Crippen molar-refractivity contribution < 1.29 is 9.90 Å². The van der Waals surface area contributed by atoms with Gasteiger partial charge in [0.1, 0.15) is 5.75 Å². The minimum Gasteiger partial charge on any atom is -0.508 e. The molecule has 4 nitrogen and oxygen atoms in total. The fourth-order valence-electron chi connectivity index (χ4n) is 1.21. The topological polar surface area (TPSA) is 61.7 Å². The number of carbonyl (C=O) groups excluding carboxylic acids is 1. The number of benzene rings is 1. The lowest BCUT2D eigenvalue weighted by molar-refractivity contribution is -0.122. The summed E-state index contributed by atoms with van der Waals surface area (Å²) in [4.78, 5) is 11.2. The molecule has 2 N–H and O–H groups in total. The predicted octanol–water partition coefficient (Wildman–Crippen LogP) is 1.25. The van der Waals surface area contributed by atoms with Crippen LogP contribution in [-0.4, -0.2) is 17.2 Å². The van der Waals surface area contributed by atoms with E-state index in [1.807, 2.05) is 0 Å². The highest BCUT2D eigenvalue weighted by Crippen LogP contribution is 2.28. The molecular weight excluding hydrogens is 192 g/mol. The van der Waals surface area contributed by atoms with E-state index >= 15 is 0 Å². The molecule has 2 rings (SSSR count). The number of hydrogen-bond donors (Lipinski definition) is 2. The van der Waals surface area contributed by atoms with Crippen LogP contribution < -0.4 is 5.43 Å². The lowest BCUT2D eigenvalue weighted by Gasteiger charge is -1.96. The Morgan fingerprint density at radius 2 is 2.33 bits per heavy atom. The van der Waals surface area contributed by atoms with Crippen molar-refractivity contribution >= 4 is 12.1 Å². The summed E-state index contributed by atoms with van der Waals surface area (Å²) in [6, 6.07) is 6.68. The molecule has 1 saturated carbocycles. The number of aromatic hydroxyl groups is 1. The Kier molecular flexibility index (Phi) is 2.67. The molecule has 0 bridgehead atoms. The first kappa shape index (κ1) is 9.71. The van der Waals surface area contributed by atoms with Gasteiger partial charge in [0.2, 0.25) is 5.91 Å². The maximum absolute atomic E-state index is 11.2. The van der Waals surface area contributed by atoms with Crippen LogP contribution in [0.25, 0.3) is 0 Å². The summed E-state index contributed by atoms with van der Waals surface area (Å²) in [6.07, 6.45) is 3.45. The summed E-state index contributed by atoms with van der Waals surface area (Å²) < 4.78 is 0. The number of hydrazone groups is 1. The average Bonchev–Trinajstić information content (AvgIpc) is 3.00. The van der Waals surface area contributed by atoms with E-state index in [0.29, 0.717) is 0 Å². The molecule has 78 valence electrons. The summed E-state index contributed by atoms with van der Waals surface area (Å²) in [5, 5.41) is 13.0. The van der Waals surface area contributed by atoms with Crippen molar-refractivity contribution in [1.29, 1.82) is 0 Å². The van der Waals surface area contributed by atoms with E-state index in [9.17, 15) is 9.90 Å². The first-order valence-electron chi connectivity index (χ1n) is 4.87. The van der Waals surface area contributed by atoms with Crippen molar-refractivity contribution in [3.8, 4) is 5.75 Å². The van der Waals surface area contributed by atoms with Crippen LogP contribution in [0.1, 0.15) is 18.4 Å². The third kappa shape index (κ3) is 2.80. The van der Waals surface area contributed by atoms with Crippen LogP contribution in [0.4, 0.5) is 0 Å². The van der Waals surface area contributed by atoms with Crippen LogP contribution in [0.15, 0.2) is 29.4 Å². The Balaban J connectivity index is 1.90. The number of amides is 1. The summed E-state index contributed by atoms with van der Waals surface area (Å²) in [6.45, 7) is 0. The van der Waals surface area contributed by atoms with Gasteiger partial charge >= 0.3 is 0 Å². The lowest BCUT2D eigenvalue weighted by atomic mass is 10.2. The number of rotatable bonds is 3. The Morgan fingerprint density at radius 3 is 3.00 bits per heavy atom. The minimum absolute atomic E-state index is 0.0218. The zero-order valence-electron chi connectivity index (χ0n) is 8.18. The minimum atomic E-state index is -0.0218. The zero-order valence-corrected chi connectivity index (χ0v) is 8.18. The van der Waals surface area contributed by atoms with Crippen LogP contribution in [0.5, 0.6) is 5.75 Å². The molecule has 0 aromatic heterocycles. The number of phenolic OH excluding ortho intramolecular Hbond substituents is 1. The van der Waals surface area contributed by atoms with E-state index in [4.69, 9.17) is 0 Å². The van der Waals surface area contributed by atoms with Gasteiger partial charge in [-0.1, -0.05) is 12.1 Å². The van der Waals surface area contributed by atoms with E-state index < -0.39 is 0 Å². The molecule has 0 spiro atoms. The van der Waals surface area contributed by atoms with Gasteiger partial charge in [-0.05, 0) is 30.5 Å². The molecule has 0 unspecified atom stereocenters. The first-order chi connectivity index (χ1) is 7.25. The van der Waals surface area contributed by atoms with Crippen molar-refractivity contribution in [2.45, 2.75) is 12.8 Å². The predicted molar refractivity (Wildman–Crippen MR) is 56.6 cm³/mol. The van der Waals surface area contributed by atoms with E-state index in [2.05, 4.69) is 10.5 Å². The van der Waals surface area contributed by atoms with Gasteiger partial charge in [0, 0.05) is 5.92 Å². The zero-order chi connectivity index (χ0) is 10.7. The molecule has 0 atom stereocenters. The summed E-state index contributed by atoms with van der Waals surface area (Å²) in [5.41, 5.74) is 3.22. The molecule has 1 aliphatic carbocycles. The van der Waals surface area contributed by atoms with Gasteiger partial charge in [0.15, 0.2) is 0 Å². The largest absolute Gasteiger partial charge is 0.508 e. The van der Waals surface area contributed by atoms with Crippen LogP contribution in [0.2, 0.25) is 0 Å². The molecule has 1 aliphatic rings. The SMILES string of the molecule is O=C(N/N=C\c1cccc(O)c1)C1CC1. The van der Waals surface area contributed by atoms with Gasteiger partial charge in [-0.2, -0.15) is 5.10 Å². The smallest absolute Gasteiger partial charge is 0.243 e. The summed E-state index contributed by atoms with van der Waals surface area (Å²) in [7, 11) is 0. The van der Waals surface area contributed by atoms with Crippen molar-refractivity contribution in [2.75, 3.05) is 0 Å². The van der Waals surface area contributed by atoms with Crippen LogP contribution >= 0.6 is 0 Å². The fourth-order valence-corrected chi connectivity index (χ4v) is 1.21. The van der Waals surface area contributed by atoms with Crippen molar-refractivity contribution in [2.24, 2.45) is 11.0 Å². The van der Waals surface area contributed by atoms with Crippen LogP contribution in [-0.2, 0) is 4.79 Å². The highest BCUT2D eigenvalue weighted by molar-refractivity contribution is 5.84. The van der Waals surface area contributed by atoms with Crippen molar-refractivity contribution in [1.82, 2.24) is 5.43 Å². The molecule has 0 heterocycles. The van der Waals surface area contributed by atoms with Gasteiger partial charge in [0.05, 0.1) is 6.21 Å². The molecule has 4 heteroatoms. The number of hydrogen-bond acceptors (Lipinski definition) is 3. The normalized spacial score (nSPS) is 15.5. The van der Waals surface area contributed by atoms with Gasteiger partial charge < -0.3 is 5.11 Å². The number of nitrogens with one attached hydrogen (secondary N) is 1. The maximum atomic E-state index is 11.2. The summed E-state index contributed by atoms with van der Waals surface area (Å²) >= 11 is 0. The Morgan fingerprint density at radius 1 is 1.53 bits per heavy atom. The second-order valence-electron chi connectivity index (χ2n) is 3.60. The number of nitrogens with zero attached hydrogens (tertiary/aromatic N) is 1. The monoisotopic (exact) mass is 204 g/mol. The molecule has 1 fully saturated rings. The van der Waals surface area contributed by atoms with Crippen LogP contribution in [0, 0.1) is 5.92 Å². The van der Waals surface area contributed by atoms with E-state index in [1.165, 1.54) is 6.21 Å². The van der Waals surface area contributed by atoms with E-state index in [-0.39, 0.29) is 17.6 Å². The molecule has 0 aliphatic heterocycles. The average molecular weight is 204 g/mol. The second-order valence-corrected chi connectivity index (χ2v) is 3.60. The highest BCUT2D eigenvalue weighted by atomic mass is 16.3. The third-order valence-electron chi connectivity index (χ3n) is 2.21. The first-order valence-corrected chi connectivity index (χ1v) is 4.87. The number of carbonyl (C=O) groups is 1. The molecular formula is C11H12N2O2. The molecule has 1 aromatic rings. The fraction of sp³-hybridized carbons (Fsp3) is 0.273. The van der Waals surface area contributed by atoms with Gasteiger partial charge in [-0.25, -0.2) is 5.43 Å². The highest BCUT2D eigenvalue weighted by Gasteiger charge is 2.29. The van der Waals surface area contributed by atoms with Crippen molar-refractivity contribution in [3.63, 3.8) is 0 Å². The molecule has 1 amide bonds. The van der Waals surface area contributed by atoms with Gasteiger partial charge in [-0.3, -0.25) is 4.79 Å². The van der Waals surface area contributed by atoms with Gasteiger partial charge in [0.25, 0.3) is 0 Å². The summed E-state index contributed by atoms with van der Waals surface area (Å²) in [5.74, 6) is 0.324. The third-order valence-corrected chi connectivity index (χ3v) is 2.21. The Bertz CT molecular complexity index is 397. The molecule has 0 radical (unpaired) electrons. The van der Waals surface area contributed by atoms with Gasteiger partial charge in [-0.15, -0.1) is 0 Å².